The second kappa shape index (κ2) is 6.66. The van der Waals surface area contributed by atoms with Gasteiger partial charge in [-0.3, -0.25) is 9.59 Å². The van der Waals surface area contributed by atoms with Gasteiger partial charge in [0.1, 0.15) is 5.69 Å². The number of primary amides is 1. The molecule has 8 heteroatoms. The van der Waals surface area contributed by atoms with E-state index in [1.54, 1.807) is 43.6 Å². The predicted molar refractivity (Wildman–Crippen MR) is 108 cm³/mol. The van der Waals surface area contributed by atoms with Gasteiger partial charge in [-0.25, -0.2) is 4.98 Å². The van der Waals surface area contributed by atoms with Crippen molar-refractivity contribution >= 4 is 40.6 Å². The molecule has 3 N–H and O–H groups in total. The molecule has 0 bridgehead atoms. The van der Waals surface area contributed by atoms with Gasteiger partial charge in [-0.05, 0) is 24.3 Å². The Morgan fingerprint density at radius 3 is 2.50 bits per heavy atom. The molecule has 8 nitrogen and oxygen atoms in total. The van der Waals surface area contributed by atoms with Crippen LogP contribution >= 0.6 is 0 Å². The Bertz CT molecular complexity index is 1100. The van der Waals surface area contributed by atoms with Gasteiger partial charge < -0.3 is 20.9 Å². The molecule has 0 aliphatic carbocycles. The van der Waals surface area contributed by atoms with Crippen LogP contribution in [0.15, 0.2) is 54.7 Å². The molecule has 28 heavy (non-hydrogen) atoms. The number of hydrogen-bond acceptors (Lipinski definition) is 6. The number of para-hydroxylation sites is 2. The van der Waals surface area contributed by atoms with Crippen molar-refractivity contribution in [1.29, 1.82) is 0 Å². The van der Waals surface area contributed by atoms with Crippen LogP contribution in [0.5, 0.6) is 0 Å². The first kappa shape index (κ1) is 17.5. The second-order valence-corrected chi connectivity index (χ2v) is 6.38. The molecule has 1 aromatic heterocycles. The van der Waals surface area contributed by atoms with Gasteiger partial charge in [0.2, 0.25) is 5.95 Å². The molecule has 1 aliphatic heterocycles. The highest BCUT2D eigenvalue weighted by molar-refractivity contribution is 6.13. The molecule has 140 valence electrons. The normalized spacial score (nSPS) is 12.9. The first-order valence-electron chi connectivity index (χ1n) is 8.61. The number of nitrogens with two attached hydrogens (primary N) is 1. The molecular formula is C20H18N6O2. The summed E-state index contributed by atoms with van der Waals surface area (Å²) < 4.78 is 0. The molecule has 0 atom stereocenters. The molecule has 4 rings (SSSR count). The molecule has 0 saturated carbocycles. The summed E-state index contributed by atoms with van der Waals surface area (Å²) in [7, 11) is 3.54. The standard InChI is InChI=1S/C20H18N6O2/c1-25-15-10-6-4-8-13(15)19(28)26(2)16-11-22-20(24-18(16)25)23-14-9-5-3-7-12(14)17(21)27/h3-11H,1-2H3,(H2,21,27)(H,22,23,24). The first-order chi connectivity index (χ1) is 13.5. The van der Waals surface area contributed by atoms with E-state index < -0.39 is 5.91 Å². The number of nitrogens with zero attached hydrogens (tertiary/aromatic N) is 4. The molecule has 2 amide bonds. The van der Waals surface area contributed by atoms with E-state index >= 15 is 0 Å². The summed E-state index contributed by atoms with van der Waals surface area (Å²) in [6, 6.07) is 14.2. The van der Waals surface area contributed by atoms with E-state index in [4.69, 9.17) is 5.73 Å². The van der Waals surface area contributed by atoms with E-state index in [0.29, 0.717) is 34.3 Å². The highest BCUT2D eigenvalue weighted by Gasteiger charge is 2.28. The lowest BCUT2D eigenvalue weighted by atomic mass is 10.1. The Morgan fingerprint density at radius 1 is 1.00 bits per heavy atom. The lowest BCUT2D eigenvalue weighted by molar-refractivity contribution is 0.0989. The van der Waals surface area contributed by atoms with Gasteiger partial charge in [0.05, 0.1) is 28.7 Å². The van der Waals surface area contributed by atoms with Crippen molar-refractivity contribution in [2.24, 2.45) is 5.73 Å². The minimum absolute atomic E-state index is 0.135. The number of nitrogens with one attached hydrogen (secondary N) is 1. The minimum Gasteiger partial charge on any atom is -0.366 e. The van der Waals surface area contributed by atoms with Gasteiger partial charge in [-0.1, -0.05) is 24.3 Å². The van der Waals surface area contributed by atoms with Gasteiger partial charge in [0.25, 0.3) is 11.8 Å². The number of carbonyl (C=O) groups is 2. The number of carbonyl (C=O) groups excluding carboxylic acids is 2. The summed E-state index contributed by atoms with van der Waals surface area (Å²) in [5, 5.41) is 3.04. The molecule has 2 heterocycles. The van der Waals surface area contributed by atoms with Gasteiger partial charge in [0.15, 0.2) is 5.82 Å². The van der Waals surface area contributed by atoms with Crippen LogP contribution in [0.3, 0.4) is 0 Å². The second-order valence-electron chi connectivity index (χ2n) is 6.38. The number of benzene rings is 2. The smallest absolute Gasteiger partial charge is 0.260 e. The number of anilines is 5. The maximum Gasteiger partial charge on any atom is 0.260 e. The fraction of sp³-hybridized carbons (Fsp3) is 0.100. The van der Waals surface area contributed by atoms with Crippen LogP contribution in [0, 0.1) is 0 Å². The largest absolute Gasteiger partial charge is 0.366 e. The topological polar surface area (TPSA) is 104 Å². The number of aromatic nitrogens is 2. The third-order valence-corrected chi connectivity index (χ3v) is 4.67. The Balaban J connectivity index is 1.79. The highest BCUT2D eigenvalue weighted by Crippen LogP contribution is 2.38. The summed E-state index contributed by atoms with van der Waals surface area (Å²) in [5.41, 5.74) is 8.20. The average Bonchev–Trinajstić information content (AvgIpc) is 2.79. The Morgan fingerprint density at radius 2 is 1.71 bits per heavy atom. The highest BCUT2D eigenvalue weighted by atomic mass is 16.2. The molecule has 0 fully saturated rings. The lowest BCUT2D eigenvalue weighted by Gasteiger charge is -2.21. The quantitative estimate of drug-likeness (QED) is 0.730. The molecule has 0 spiro atoms. The zero-order valence-corrected chi connectivity index (χ0v) is 15.4. The van der Waals surface area contributed by atoms with Crippen molar-refractivity contribution in [2.75, 3.05) is 29.2 Å². The van der Waals surface area contributed by atoms with Gasteiger partial charge >= 0.3 is 0 Å². The van der Waals surface area contributed by atoms with E-state index in [2.05, 4.69) is 15.3 Å². The minimum atomic E-state index is -0.547. The van der Waals surface area contributed by atoms with E-state index in [1.165, 1.54) is 4.90 Å². The van der Waals surface area contributed by atoms with E-state index in [-0.39, 0.29) is 5.91 Å². The number of hydrogen-bond donors (Lipinski definition) is 2. The summed E-state index contributed by atoms with van der Waals surface area (Å²) in [4.78, 5) is 36.7. The molecular weight excluding hydrogens is 356 g/mol. The van der Waals surface area contributed by atoms with Crippen molar-refractivity contribution in [3.8, 4) is 0 Å². The lowest BCUT2D eigenvalue weighted by Crippen LogP contribution is -2.25. The zero-order valence-electron chi connectivity index (χ0n) is 15.4. The fourth-order valence-corrected chi connectivity index (χ4v) is 3.19. The van der Waals surface area contributed by atoms with Gasteiger partial charge in [0, 0.05) is 14.1 Å². The van der Waals surface area contributed by atoms with E-state index in [1.807, 2.05) is 30.1 Å². The molecule has 2 aromatic carbocycles. The fourth-order valence-electron chi connectivity index (χ4n) is 3.19. The molecule has 3 aromatic rings. The summed E-state index contributed by atoms with van der Waals surface area (Å²) in [6.07, 6.45) is 1.58. The Hall–Kier alpha value is -3.94. The van der Waals surface area contributed by atoms with Crippen molar-refractivity contribution in [3.63, 3.8) is 0 Å². The SMILES string of the molecule is CN1C(=O)c2ccccc2N(C)c2nc(Nc3ccccc3C(N)=O)ncc21. The molecule has 1 aliphatic rings. The third kappa shape index (κ3) is 2.81. The maximum absolute atomic E-state index is 12.8. The van der Waals surface area contributed by atoms with Crippen LogP contribution in [0.4, 0.5) is 28.8 Å². The Labute approximate surface area is 161 Å². The van der Waals surface area contributed by atoms with E-state index in [0.717, 1.165) is 5.69 Å². The van der Waals surface area contributed by atoms with Gasteiger partial charge in [-0.15, -0.1) is 0 Å². The number of amides is 2. The summed E-state index contributed by atoms with van der Waals surface area (Å²) in [5.74, 6) is 0.174. The molecule has 0 radical (unpaired) electrons. The van der Waals surface area contributed by atoms with Crippen LogP contribution in [0.1, 0.15) is 20.7 Å². The van der Waals surface area contributed by atoms with E-state index in [9.17, 15) is 9.59 Å². The number of fused-ring (bicyclic) bond motifs is 2. The van der Waals surface area contributed by atoms with Gasteiger partial charge in [-0.2, -0.15) is 4.98 Å². The van der Waals surface area contributed by atoms with Crippen molar-refractivity contribution in [3.05, 3.63) is 65.9 Å². The van der Waals surface area contributed by atoms with Crippen molar-refractivity contribution in [2.45, 2.75) is 0 Å². The summed E-state index contributed by atoms with van der Waals surface area (Å²) >= 11 is 0. The molecule has 0 unspecified atom stereocenters. The number of rotatable bonds is 3. The monoisotopic (exact) mass is 374 g/mol. The third-order valence-electron chi connectivity index (χ3n) is 4.67. The average molecular weight is 374 g/mol. The Kier molecular flexibility index (Phi) is 4.15. The first-order valence-corrected chi connectivity index (χ1v) is 8.61. The van der Waals surface area contributed by atoms with Crippen LogP contribution in [-0.4, -0.2) is 35.9 Å². The van der Waals surface area contributed by atoms with Crippen LogP contribution in [0.2, 0.25) is 0 Å². The van der Waals surface area contributed by atoms with Crippen LogP contribution < -0.4 is 20.9 Å². The van der Waals surface area contributed by atoms with Crippen LogP contribution in [0.25, 0.3) is 0 Å². The zero-order chi connectivity index (χ0) is 19.8. The van der Waals surface area contributed by atoms with Crippen molar-refractivity contribution < 1.29 is 9.59 Å². The maximum atomic E-state index is 12.8. The van der Waals surface area contributed by atoms with Crippen LogP contribution in [-0.2, 0) is 0 Å². The predicted octanol–water partition coefficient (Wildman–Crippen LogP) is 2.68. The van der Waals surface area contributed by atoms with Crippen molar-refractivity contribution in [1.82, 2.24) is 9.97 Å². The molecule has 0 saturated heterocycles. The summed E-state index contributed by atoms with van der Waals surface area (Å²) in [6.45, 7) is 0.